The molecule has 1 N–H and O–H groups in total. The first-order chi connectivity index (χ1) is 11.2. The summed E-state index contributed by atoms with van der Waals surface area (Å²) in [6.07, 6.45) is 5.88. The molecule has 1 amide bonds. The van der Waals surface area contributed by atoms with E-state index in [4.69, 9.17) is 0 Å². The normalized spacial score (nSPS) is 16.9. The minimum absolute atomic E-state index is 0.0271. The lowest BCUT2D eigenvalue weighted by Gasteiger charge is -2.31. The van der Waals surface area contributed by atoms with Gasteiger partial charge in [-0.25, -0.2) is 13.1 Å². The maximum absolute atomic E-state index is 12.2. The molecule has 0 aliphatic carbocycles. The van der Waals surface area contributed by atoms with Crippen molar-refractivity contribution in [2.45, 2.75) is 38.6 Å². The van der Waals surface area contributed by atoms with E-state index in [0.717, 1.165) is 11.8 Å². The maximum Gasteiger partial charge on any atom is 0.246 e. The summed E-state index contributed by atoms with van der Waals surface area (Å²) in [5.41, 5.74) is 2.28. The van der Waals surface area contributed by atoms with Crippen LogP contribution in [0.25, 0.3) is 6.08 Å². The highest BCUT2D eigenvalue weighted by atomic mass is 32.2. The van der Waals surface area contributed by atoms with Crippen LogP contribution >= 0.6 is 0 Å². The van der Waals surface area contributed by atoms with E-state index in [0.29, 0.717) is 31.8 Å². The summed E-state index contributed by atoms with van der Waals surface area (Å²) in [5.74, 6) is 0.465. The molecule has 132 valence electrons. The molecule has 5 nitrogen and oxygen atoms in total. The highest BCUT2D eigenvalue weighted by molar-refractivity contribution is 7.88. The van der Waals surface area contributed by atoms with Gasteiger partial charge in [-0.05, 0) is 36.0 Å². The molecule has 0 radical (unpaired) electrons. The molecule has 1 aliphatic rings. The molecule has 24 heavy (non-hydrogen) atoms. The molecule has 0 spiro atoms. The molecule has 1 fully saturated rings. The summed E-state index contributed by atoms with van der Waals surface area (Å²) in [6.45, 7) is 5.44. The summed E-state index contributed by atoms with van der Waals surface area (Å²) in [5, 5.41) is 0. The van der Waals surface area contributed by atoms with Crippen molar-refractivity contribution in [3.05, 3.63) is 41.5 Å². The van der Waals surface area contributed by atoms with E-state index >= 15 is 0 Å². The molecule has 6 heteroatoms. The highest BCUT2D eigenvalue weighted by Crippen LogP contribution is 2.16. The zero-order chi connectivity index (χ0) is 17.7. The first kappa shape index (κ1) is 18.7. The Bertz CT molecular complexity index is 685. The fourth-order valence-corrected chi connectivity index (χ4v) is 3.63. The summed E-state index contributed by atoms with van der Waals surface area (Å²) >= 11 is 0. The van der Waals surface area contributed by atoms with Crippen LogP contribution in [-0.4, -0.2) is 44.6 Å². The lowest BCUT2D eigenvalue weighted by molar-refractivity contribution is -0.126. The number of rotatable bonds is 5. The molecule has 0 bridgehead atoms. The van der Waals surface area contributed by atoms with E-state index in [2.05, 4.69) is 30.7 Å². The Labute approximate surface area is 144 Å². The Morgan fingerprint density at radius 1 is 1.21 bits per heavy atom. The van der Waals surface area contributed by atoms with Gasteiger partial charge in [0.1, 0.15) is 0 Å². The predicted molar refractivity (Wildman–Crippen MR) is 97.1 cm³/mol. The average Bonchev–Trinajstić information content (AvgIpc) is 2.52. The number of benzene rings is 1. The minimum atomic E-state index is -3.18. The van der Waals surface area contributed by atoms with Crippen molar-refractivity contribution >= 4 is 22.0 Å². The van der Waals surface area contributed by atoms with Gasteiger partial charge in [0.25, 0.3) is 0 Å². The number of amides is 1. The molecule has 0 unspecified atom stereocenters. The minimum Gasteiger partial charge on any atom is -0.339 e. The number of hydrogen-bond acceptors (Lipinski definition) is 3. The molecule has 0 aromatic heterocycles. The largest absolute Gasteiger partial charge is 0.339 e. The highest BCUT2D eigenvalue weighted by Gasteiger charge is 2.23. The second kappa shape index (κ2) is 7.94. The fourth-order valence-electron chi connectivity index (χ4n) is 2.79. The van der Waals surface area contributed by atoms with Gasteiger partial charge in [-0.15, -0.1) is 0 Å². The van der Waals surface area contributed by atoms with E-state index in [1.54, 1.807) is 11.0 Å². The van der Waals surface area contributed by atoms with Gasteiger partial charge >= 0.3 is 0 Å². The van der Waals surface area contributed by atoms with Crippen LogP contribution in [-0.2, 0) is 14.8 Å². The molecule has 1 aromatic rings. The molecular weight excluding hydrogens is 324 g/mol. The second-order valence-electron chi connectivity index (χ2n) is 6.64. The van der Waals surface area contributed by atoms with Crippen LogP contribution in [0.1, 0.15) is 43.7 Å². The van der Waals surface area contributed by atoms with Crippen LogP contribution in [0.4, 0.5) is 0 Å². The van der Waals surface area contributed by atoms with Gasteiger partial charge in [0.15, 0.2) is 0 Å². The molecule has 1 saturated heterocycles. The summed E-state index contributed by atoms with van der Waals surface area (Å²) in [7, 11) is -3.18. The van der Waals surface area contributed by atoms with Crippen LogP contribution in [0.5, 0.6) is 0 Å². The van der Waals surface area contributed by atoms with Gasteiger partial charge in [-0.3, -0.25) is 4.79 Å². The number of nitrogens with zero attached hydrogens (tertiary/aromatic N) is 1. The molecule has 1 aromatic carbocycles. The summed E-state index contributed by atoms with van der Waals surface area (Å²) < 4.78 is 25.1. The van der Waals surface area contributed by atoms with Crippen LogP contribution in [0.15, 0.2) is 30.3 Å². The Balaban J connectivity index is 1.87. The lowest BCUT2D eigenvalue weighted by Crippen LogP contribution is -2.45. The first-order valence-electron chi connectivity index (χ1n) is 8.29. The van der Waals surface area contributed by atoms with Crippen molar-refractivity contribution in [1.29, 1.82) is 0 Å². The molecule has 1 heterocycles. The third-order valence-corrected chi connectivity index (χ3v) is 4.97. The topological polar surface area (TPSA) is 66.5 Å². The van der Waals surface area contributed by atoms with Crippen molar-refractivity contribution < 1.29 is 13.2 Å². The van der Waals surface area contributed by atoms with Crippen LogP contribution in [0.2, 0.25) is 0 Å². The van der Waals surface area contributed by atoms with E-state index in [1.165, 1.54) is 5.56 Å². The summed E-state index contributed by atoms with van der Waals surface area (Å²) in [4.78, 5) is 14.0. The van der Waals surface area contributed by atoms with Crippen LogP contribution < -0.4 is 4.72 Å². The molecule has 0 atom stereocenters. The van der Waals surface area contributed by atoms with Gasteiger partial charge in [0, 0.05) is 25.2 Å². The Morgan fingerprint density at radius 3 is 2.29 bits per heavy atom. The van der Waals surface area contributed by atoms with Crippen molar-refractivity contribution in [2.24, 2.45) is 0 Å². The predicted octanol–water partition coefficient (Wildman–Crippen LogP) is 2.36. The van der Waals surface area contributed by atoms with Crippen molar-refractivity contribution in [3.63, 3.8) is 0 Å². The molecular formula is C18H26N2O3S. The molecule has 2 rings (SSSR count). The van der Waals surface area contributed by atoms with Gasteiger partial charge < -0.3 is 4.90 Å². The Morgan fingerprint density at radius 2 is 1.79 bits per heavy atom. The fraction of sp³-hybridized carbons (Fsp3) is 0.500. The number of hydrogen-bond donors (Lipinski definition) is 1. The van der Waals surface area contributed by atoms with Gasteiger partial charge in [0.2, 0.25) is 15.9 Å². The van der Waals surface area contributed by atoms with E-state index < -0.39 is 10.0 Å². The Hall–Kier alpha value is -1.66. The smallest absolute Gasteiger partial charge is 0.246 e. The third-order valence-electron chi connectivity index (χ3n) is 4.21. The zero-order valence-corrected chi connectivity index (χ0v) is 15.3. The van der Waals surface area contributed by atoms with E-state index in [-0.39, 0.29) is 11.9 Å². The van der Waals surface area contributed by atoms with Gasteiger partial charge in [-0.2, -0.15) is 0 Å². The maximum atomic E-state index is 12.2. The van der Waals surface area contributed by atoms with Crippen molar-refractivity contribution in [3.8, 4) is 0 Å². The average molecular weight is 350 g/mol. The SMILES string of the molecule is CC(C)c1ccc(C=CC(=O)N2CCC(NS(C)(=O)=O)CC2)cc1. The van der Waals surface area contributed by atoms with Crippen molar-refractivity contribution in [2.75, 3.05) is 19.3 Å². The Kier molecular flexibility index (Phi) is 6.18. The quantitative estimate of drug-likeness (QED) is 0.829. The lowest BCUT2D eigenvalue weighted by atomic mass is 10.0. The third kappa shape index (κ3) is 5.76. The molecule has 0 saturated carbocycles. The monoisotopic (exact) mass is 350 g/mol. The number of piperidine rings is 1. The number of carbonyl (C=O) groups is 1. The first-order valence-corrected chi connectivity index (χ1v) is 10.2. The van der Waals surface area contributed by atoms with Crippen LogP contribution in [0.3, 0.4) is 0 Å². The number of likely N-dealkylation sites (tertiary alicyclic amines) is 1. The number of nitrogens with one attached hydrogen (secondary N) is 1. The number of carbonyl (C=O) groups excluding carboxylic acids is 1. The number of sulfonamides is 1. The zero-order valence-electron chi connectivity index (χ0n) is 14.5. The molecule has 1 aliphatic heterocycles. The summed E-state index contributed by atoms with van der Waals surface area (Å²) in [6, 6.07) is 8.12. The van der Waals surface area contributed by atoms with Crippen LogP contribution in [0, 0.1) is 0 Å². The standard InChI is InChI=1S/C18H26N2O3S/c1-14(2)16-7-4-15(5-8-16)6-9-18(21)20-12-10-17(11-13-20)19-24(3,22)23/h4-9,14,17,19H,10-13H2,1-3H3. The van der Waals surface area contributed by atoms with Gasteiger partial charge in [0.05, 0.1) is 6.26 Å². The van der Waals surface area contributed by atoms with Gasteiger partial charge in [-0.1, -0.05) is 38.1 Å². The second-order valence-corrected chi connectivity index (χ2v) is 8.42. The van der Waals surface area contributed by atoms with E-state index in [9.17, 15) is 13.2 Å². The van der Waals surface area contributed by atoms with Crippen molar-refractivity contribution in [1.82, 2.24) is 9.62 Å². The van der Waals surface area contributed by atoms with E-state index in [1.807, 2.05) is 18.2 Å².